The second-order valence-electron chi connectivity index (χ2n) is 6.28. The summed E-state index contributed by atoms with van der Waals surface area (Å²) in [7, 11) is 0. The van der Waals surface area contributed by atoms with E-state index in [1.807, 2.05) is 52.0 Å². The molecule has 0 saturated carbocycles. The molecule has 0 spiro atoms. The highest BCUT2D eigenvalue weighted by molar-refractivity contribution is 5.95. The van der Waals surface area contributed by atoms with Crippen molar-refractivity contribution in [2.45, 2.75) is 34.2 Å². The lowest BCUT2D eigenvalue weighted by Gasteiger charge is -2.09. The van der Waals surface area contributed by atoms with Crippen LogP contribution in [0.3, 0.4) is 0 Å². The van der Waals surface area contributed by atoms with Crippen molar-refractivity contribution in [3.8, 4) is 11.3 Å². The first-order valence-corrected chi connectivity index (χ1v) is 8.42. The highest BCUT2D eigenvalue weighted by atomic mass is 16.1. The summed E-state index contributed by atoms with van der Waals surface area (Å²) >= 11 is 0. The predicted molar refractivity (Wildman–Crippen MR) is 99.6 cm³/mol. The quantitative estimate of drug-likeness (QED) is 0.784. The van der Waals surface area contributed by atoms with Crippen molar-refractivity contribution in [2.24, 2.45) is 0 Å². The van der Waals surface area contributed by atoms with E-state index in [0.29, 0.717) is 11.4 Å². The lowest BCUT2D eigenvalue weighted by Crippen LogP contribution is -2.24. The third kappa shape index (κ3) is 4.08. The first-order chi connectivity index (χ1) is 12.4. The molecule has 1 aromatic carbocycles. The Balaban J connectivity index is 1.79. The minimum Gasteiger partial charge on any atom is -0.345 e. The number of carbonyl (C=O) groups is 1. The topological polar surface area (TPSA) is 80.7 Å². The van der Waals surface area contributed by atoms with Gasteiger partial charge < -0.3 is 5.32 Å². The summed E-state index contributed by atoms with van der Waals surface area (Å²) in [6.07, 6.45) is 1.74. The second-order valence-corrected chi connectivity index (χ2v) is 6.28. The van der Waals surface area contributed by atoms with E-state index in [2.05, 4.69) is 25.3 Å². The normalized spacial score (nSPS) is 10.6. The largest absolute Gasteiger partial charge is 0.345 e. The average molecular weight is 347 g/mol. The van der Waals surface area contributed by atoms with Crippen LogP contribution in [0.5, 0.6) is 0 Å². The van der Waals surface area contributed by atoms with Crippen LogP contribution in [0.15, 0.2) is 36.5 Å². The van der Waals surface area contributed by atoms with E-state index in [4.69, 9.17) is 0 Å². The van der Waals surface area contributed by atoms with Gasteiger partial charge in [0.15, 0.2) is 0 Å². The summed E-state index contributed by atoms with van der Waals surface area (Å²) < 4.78 is 0. The molecule has 0 aliphatic carbocycles. The summed E-state index contributed by atoms with van der Waals surface area (Å²) in [5, 5.41) is 2.87. The van der Waals surface area contributed by atoms with Crippen LogP contribution >= 0.6 is 0 Å². The highest BCUT2D eigenvalue weighted by Crippen LogP contribution is 2.21. The number of aryl methyl sites for hydroxylation is 4. The maximum atomic E-state index is 12.5. The summed E-state index contributed by atoms with van der Waals surface area (Å²) in [5.74, 6) is 0.431. The number of amides is 1. The maximum Gasteiger partial charge on any atom is 0.251 e. The molecule has 0 fully saturated rings. The third-order valence-corrected chi connectivity index (χ3v) is 3.91. The zero-order valence-electron chi connectivity index (χ0n) is 15.4. The van der Waals surface area contributed by atoms with E-state index in [-0.39, 0.29) is 12.5 Å². The van der Waals surface area contributed by atoms with Gasteiger partial charge in [-0.3, -0.25) is 9.78 Å². The fourth-order valence-electron chi connectivity index (χ4n) is 2.76. The van der Waals surface area contributed by atoms with Crippen molar-refractivity contribution in [3.05, 3.63) is 70.7 Å². The van der Waals surface area contributed by atoms with E-state index >= 15 is 0 Å². The first-order valence-electron chi connectivity index (χ1n) is 8.42. The van der Waals surface area contributed by atoms with E-state index in [0.717, 1.165) is 34.0 Å². The molecule has 132 valence electrons. The number of nitrogens with one attached hydrogen (secondary N) is 1. The van der Waals surface area contributed by atoms with Crippen molar-refractivity contribution >= 4 is 5.91 Å². The van der Waals surface area contributed by atoms with Crippen molar-refractivity contribution < 1.29 is 4.79 Å². The second kappa shape index (κ2) is 7.39. The molecular formula is C20H21N5O. The Hall–Kier alpha value is -3.15. The molecule has 1 amide bonds. The lowest BCUT2D eigenvalue weighted by atomic mass is 10.1. The number of nitrogens with zero attached hydrogens (tertiary/aromatic N) is 4. The zero-order valence-corrected chi connectivity index (χ0v) is 15.4. The molecule has 6 heteroatoms. The van der Waals surface area contributed by atoms with Crippen LogP contribution in [-0.2, 0) is 6.54 Å². The van der Waals surface area contributed by atoms with Crippen molar-refractivity contribution in [1.29, 1.82) is 0 Å². The van der Waals surface area contributed by atoms with Gasteiger partial charge in [-0.15, -0.1) is 0 Å². The molecule has 0 saturated heterocycles. The van der Waals surface area contributed by atoms with Gasteiger partial charge in [0.05, 0.1) is 23.6 Å². The van der Waals surface area contributed by atoms with Crippen LogP contribution in [0.4, 0.5) is 0 Å². The summed E-state index contributed by atoms with van der Waals surface area (Å²) in [5.41, 5.74) is 5.67. The SMILES string of the molecule is Cc1cc(C)nc(CNC(=O)c2cccc(-c3nc(C)cnc3C)c2)n1. The van der Waals surface area contributed by atoms with Crippen LogP contribution in [0.25, 0.3) is 11.3 Å². The first kappa shape index (κ1) is 17.7. The smallest absolute Gasteiger partial charge is 0.251 e. The van der Waals surface area contributed by atoms with Gasteiger partial charge in [0.25, 0.3) is 5.91 Å². The highest BCUT2D eigenvalue weighted by Gasteiger charge is 2.11. The Kier molecular flexibility index (Phi) is 5.02. The molecule has 0 atom stereocenters. The molecule has 0 bridgehead atoms. The van der Waals surface area contributed by atoms with Gasteiger partial charge in [0, 0.05) is 28.7 Å². The molecule has 0 unspecified atom stereocenters. The maximum absolute atomic E-state index is 12.5. The summed E-state index contributed by atoms with van der Waals surface area (Å²) in [6, 6.07) is 9.29. The molecule has 2 aromatic heterocycles. The molecule has 0 radical (unpaired) electrons. The van der Waals surface area contributed by atoms with Crippen molar-refractivity contribution in [1.82, 2.24) is 25.3 Å². The van der Waals surface area contributed by atoms with E-state index in [9.17, 15) is 4.79 Å². The third-order valence-electron chi connectivity index (χ3n) is 3.91. The monoisotopic (exact) mass is 347 g/mol. The number of hydrogen-bond acceptors (Lipinski definition) is 5. The van der Waals surface area contributed by atoms with Gasteiger partial charge in [0.1, 0.15) is 5.82 Å². The molecule has 2 heterocycles. The minimum absolute atomic E-state index is 0.173. The minimum atomic E-state index is -0.173. The Morgan fingerprint density at radius 2 is 1.69 bits per heavy atom. The summed E-state index contributed by atoms with van der Waals surface area (Å²) in [6.45, 7) is 7.92. The predicted octanol–water partition coefficient (Wildman–Crippen LogP) is 3.10. The molecule has 6 nitrogen and oxygen atoms in total. The van der Waals surface area contributed by atoms with Gasteiger partial charge in [-0.2, -0.15) is 0 Å². The van der Waals surface area contributed by atoms with Crippen LogP contribution < -0.4 is 5.32 Å². The number of carbonyl (C=O) groups excluding carboxylic acids is 1. The fourth-order valence-corrected chi connectivity index (χ4v) is 2.76. The molecule has 3 aromatic rings. The van der Waals surface area contributed by atoms with Gasteiger partial charge in [-0.05, 0) is 45.9 Å². The molecule has 26 heavy (non-hydrogen) atoms. The van der Waals surface area contributed by atoms with E-state index in [1.165, 1.54) is 0 Å². The number of hydrogen-bond donors (Lipinski definition) is 1. The number of benzene rings is 1. The van der Waals surface area contributed by atoms with Crippen molar-refractivity contribution in [3.63, 3.8) is 0 Å². The van der Waals surface area contributed by atoms with Gasteiger partial charge in [0.2, 0.25) is 0 Å². The Morgan fingerprint density at radius 1 is 0.962 bits per heavy atom. The molecular weight excluding hydrogens is 326 g/mol. The Bertz CT molecular complexity index is 948. The molecule has 0 aliphatic rings. The Morgan fingerprint density at radius 3 is 2.42 bits per heavy atom. The van der Waals surface area contributed by atoms with Crippen LogP contribution in [0.1, 0.15) is 39.0 Å². The van der Waals surface area contributed by atoms with Crippen LogP contribution in [0.2, 0.25) is 0 Å². The lowest BCUT2D eigenvalue weighted by molar-refractivity contribution is 0.0950. The number of rotatable bonds is 4. The average Bonchev–Trinajstić information content (AvgIpc) is 2.61. The van der Waals surface area contributed by atoms with Gasteiger partial charge >= 0.3 is 0 Å². The van der Waals surface area contributed by atoms with E-state index < -0.39 is 0 Å². The molecule has 1 N–H and O–H groups in total. The fraction of sp³-hybridized carbons (Fsp3) is 0.250. The Labute approximate surface area is 152 Å². The van der Waals surface area contributed by atoms with Crippen LogP contribution in [-0.4, -0.2) is 25.8 Å². The standard InChI is InChI=1S/C20H21N5O/c1-12-8-13(2)24-18(23-12)11-22-20(26)17-7-5-6-16(9-17)19-15(4)21-10-14(3)25-19/h5-10H,11H2,1-4H3,(H,22,26). The zero-order chi connectivity index (χ0) is 18.7. The summed E-state index contributed by atoms with van der Waals surface area (Å²) in [4.78, 5) is 30.1. The van der Waals surface area contributed by atoms with Gasteiger partial charge in [-0.1, -0.05) is 12.1 Å². The molecule has 0 aliphatic heterocycles. The number of aromatic nitrogens is 4. The molecule has 3 rings (SSSR count). The van der Waals surface area contributed by atoms with Crippen molar-refractivity contribution in [2.75, 3.05) is 0 Å². The van der Waals surface area contributed by atoms with Gasteiger partial charge in [-0.25, -0.2) is 15.0 Å². The van der Waals surface area contributed by atoms with E-state index in [1.54, 1.807) is 12.3 Å². The van der Waals surface area contributed by atoms with Crippen LogP contribution in [0, 0.1) is 27.7 Å².